The molecule has 4 atom stereocenters. The molecule has 0 rings (SSSR count). The van der Waals surface area contributed by atoms with Crippen molar-refractivity contribution in [3.8, 4) is 0 Å². The van der Waals surface area contributed by atoms with Gasteiger partial charge in [-0.15, -0.1) is 0 Å². The summed E-state index contributed by atoms with van der Waals surface area (Å²) >= 11 is 0. The molecule has 0 N–H and O–H groups in total. The summed E-state index contributed by atoms with van der Waals surface area (Å²) in [6.45, 7) is 2.55. The van der Waals surface area contributed by atoms with E-state index >= 15 is 0 Å². The van der Waals surface area contributed by atoms with Gasteiger partial charge in [-0.2, -0.15) is 0 Å². The summed E-state index contributed by atoms with van der Waals surface area (Å²) in [5.74, 6) is -6.41. The minimum absolute atomic E-state index is 0. The van der Waals surface area contributed by atoms with Gasteiger partial charge in [0, 0.05) is 7.11 Å². The number of methoxy groups -OCH3 is 4. The second-order valence-corrected chi connectivity index (χ2v) is 8.16. The normalized spacial score (nSPS) is 15.3. The first kappa shape index (κ1) is 38.6. The van der Waals surface area contributed by atoms with Crippen molar-refractivity contribution >= 4 is 31.2 Å². The van der Waals surface area contributed by atoms with Gasteiger partial charge >= 0.3 is 23.9 Å². The van der Waals surface area contributed by atoms with Gasteiger partial charge in [-0.1, -0.05) is 43.6 Å². The van der Waals surface area contributed by atoms with E-state index in [2.05, 4.69) is 18.9 Å². The Hall–Kier alpha value is -1.93. The highest BCUT2D eigenvalue weighted by atomic mass is 31.2. The van der Waals surface area contributed by atoms with Crippen LogP contribution in [0.1, 0.15) is 43.6 Å². The lowest BCUT2D eigenvalue weighted by Crippen LogP contribution is -2.43. The molecule has 0 aliphatic carbocycles. The van der Waals surface area contributed by atoms with Gasteiger partial charge in [0.05, 0.1) is 40.3 Å². The summed E-state index contributed by atoms with van der Waals surface area (Å²) in [4.78, 5) is 48.5. The van der Waals surface area contributed by atoms with Gasteiger partial charge < -0.3 is 23.5 Å². The van der Waals surface area contributed by atoms with Crippen LogP contribution in [0.2, 0.25) is 0 Å². The standard InChI is InChI=1S/C15H25O10P.4CH4/c1-8(12(16)21-3)10(14(18)23-5)26(20,25-7)11(15(19)24-6)9(2)13(17)22-4;;;;/h8-11H,1-7H3;4*1H4. The molecule has 182 valence electrons. The van der Waals surface area contributed by atoms with Crippen LogP contribution in [0.3, 0.4) is 0 Å². The molecule has 0 saturated carbocycles. The summed E-state index contributed by atoms with van der Waals surface area (Å²) < 4.78 is 37.2. The molecule has 30 heavy (non-hydrogen) atoms. The van der Waals surface area contributed by atoms with Gasteiger partial charge in [-0.3, -0.25) is 23.7 Å². The highest BCUT2D eigenvalue weighted by Gasteiger charge is 2.57. The molecule has 0 radical (unpaired) electrons. The second-order valence-electron chi connectivity index (χ2n) is 5.39. The maximum Gasteiger partial charge on any atom is 0.319 e. The zero-order valence-electron chi connectivity index (χ0n) is 15.8. The van der Waals surface area contributed by atoms with E-state index in [1.165, 1.54) is 13.8 Å². The molecule has 4 unspecified atom stereocenters. The van der Waals surface area contributed by atoms with Crippen molar-refractivity contribution in [3.05, 3.63) is 0 Å². The molecule has 0 aromatic rings. The fourth-order valence-corrected chi connectivity index (χ4v) is 5.69. The molecule has 0 aromatic heterocycles. The van der Waals surface area contributed by atoms with Crippen LogP contribution in [0.5, 0.6) is 0 Å². The van der Waals surface area contributed by atoms with E-state index in [1.807, 2.05) is 0 Å². The predicted molar refractivity (Wildman–Crippen MR) is 116 cm³/mol. The molecule has 0 spiro atoms. The number of hydrogen-bond acceptors (Lipinski definition) is 10. The topological polar surface area (TPSA) is 132 Å². The molecule has 0 aliphatic rings. The number of carbonyl (C=O) groups excluding carboxylic acids is 4. The molecule has 0 saturated heterocycles. The monoisotopic (exact) mass is 460 g/mol. The van der Waals surface area contributed by atoms with Crippen molar-refractivity contribution in [1.82, 2.24) is 0 Å². The molecular weight excluding hydrogens is 419 g/mol. The minimum Gasteiger partial charge on any atom is -0.469 e. The lowest BCUT2D eigenvalue weighted by atomic mass is 10.1. The first-order valence-electron chi connectivity index (χ1n) is 7.53. The quantitative estimate of drug-likeness (QED) is 0.287. The lowest BCUT2D eigenvalue weighted by Gasteiger charge is -2.33. The van der Waals surface area contributed by atoms with E-state index in [9.17, 15) is 23.7 Å². The van der Waals surface area contributed by atoms with Crippen LogP contribution in [-0.4, -0.2) is 70.7 Å². The highest BCUT2D eigenvalue weighted by Crippen LogP contribution is 2.61. The number of carbonyl (C=O) groups is 4. The van der Waals surface area contributed by atoms with E-state index in [0.717, 1.165) is 35.5 Å². The van der Waals surface area contributed by atoms with Crippen LogP contribution >= 0.6 is 7.37 Å². The molecule has 11 heteroatoms. The zero-order valence-corrected chi connectivity index (χ0v) is 16.7. The number of hydrogen-bond donors (Lipinski definition) is 0. The van der Waals surface area contributed by atoms with E-state index in [1.54, 1.807) is 0 Å². The Balaban J connectivity index is -0.000000521. The van der Waals surface area contributed by atoms with Gasteiger partial charge in [0.2, 0.25) is 7.37 Å². The molecule has 0 aromatic carbocycles. The highest BCUT2D eigenvalue weighted by molar-refractivity contribution is 7.62. The summed E-state index contributed by atoms with van der Waals surface area (Å²) in [5, 5.41) is 0. The molecule has 10 nitrogen and oxygen atoms in total. The lowest BCUT2D eigenvalue weighted by molar-refractivity contribution is -0.152. The zero-order chi connectivity index (χ0) is 20.7. The van der Waals surface area contributed by atoms with Crippen molar-refractivity contribution in [2.45, 2.75) is 54.9 Å². The Morgan fingerprint density at radius 1 is 0.567 bits per heavy atom. The molecule has 0 amide bonds. The third-order valence-electron chi connectivity index (χ3n) is 4.04. The van der Waals surface area contributed by atoms with E-state index in [0.29, 0.717) is 0 Å². The SMILES string of the molecule is C.C.C.C.COC(=O)C(C)C(C(=O)OC)P(=O)(OC)C(C(=O)OC)C(C)C(=O)OC. The van der Waals surface area contributed by atoms with E-state index < -0.39 is 54.4 Å². The minimum atomic E-state index is -4.36. The van der Waals surface area contributed by atoms with Crippen molar-refractivity contribution in [2.75, 3.05) is 35.5 Å². The molecule has 0 heterocycles. The summed E-state index contributed by atoms with van der Waals surface area (Å²) in [6, 6.07) is 0. The van der Waals surface area contributed by atoms with E-state index in [4.69, 9.17) is 4.52 Å². The largest absolute Gasteiger partial charge is 0.469 e. The van der Waals surface area contributed by atoms with Crippen LogP contribution in [0.15, 0.2) is 0 Å². The predicted octanol–water partition coefficient (Wildman–Crippen LogP) is 3.16. The van der Waals surface area contributed by atoms with Gasteiger partial charge in [-0.05, 0) is 0 Å². The van der Waals surface area contributed by atoms with Gasteiger partial charge in [0.1, 0.15) is 11.3 Å². The van der Waals surface area contributed by atoms with Gasteiger partial charge in [0.15, 0.2) is 0 Å². The van der Waals surface area contributed by atoms with Crippen LogP contribution < -0.4 is 0 Å². The van der Waals surface area contributed by atoms with Crippen molar-refractivity contribution in [1.29, 1.82) is 0 Å². The summed E-state index contributed by atoms with van der Waals surface area (Å²) in [7, 11) is 0.852. The average molecular weight is 461 g/mol. The van der Waals surface area contributed by atoms with Gasteiger partial charge in [0.25, 0.3) is 0 Å². The maximum absolute atomic E-state index is 13.7. The Bertz CT molecular complexity index is 544. The molecular formula is C19H41O10P. The van der Waals surface area contributed by atoms with Crippen molar-refractivity contribution < 1.29 is 47.2 Å². The fourth-order valence-electron chi connectivity index (χ4n) is 2.60. The third-order valence-corrected chi connectivity index (χ3v) is 7.48. The summed E-state index contributed by atoms with van der Waals surface area (Å²) in [6.07, 6.45) is 0. The first-order chi connectivity index (χ1) is 12.1. The Morgan fingerprint density at radius 3 is 0.967 bits per heavy atom. The average Bonchev–Trinajstić information content (AvgIpc) is 2.65. The van der Waals surface area contributed by atoms with Crippen LogP contribution in [0.4, 0.5) is 0 Å². The Kier molecular flexibility index (Phi) is 21.7. The number of rotatable bonds is 9. The molecule has 0 bridgehead atoms. The van der Waals surface area contributed by atoms with E-state index in [-0.39, 0.29) is 29.7 Å². The maximum atomic E-state index is 13.7. The number of ether oxygens (including phenoxy) is 4. The smallest absolute Gasteiger partial charge is 0.319 e. The Labute approximate surface area is 181 Å². The third kappa shape index (κ3) is 8.07. The Morgan fingerprint density at radius 2 is 0.800 bits per heavy atom. The van der Waals surface area contributed by atoms with Gasteiger partial charge in [-0.25, -0.2) is 0 Å². The van der Waals surface area contributed by atoms with Crippen LogP contribution in [0.25, 0.3) is 0 Å². The molecule has 0 fully saturated rings. The van der Waals surface area contributed by atoms with Crippen LogP contribution in [0, 0.1) is 11.8 Å². The summed E-state index contributed by atoms with van der Waals surface area (Å²) in [5.41, 5.74) is -3.39. The van der Waals surface area contributed by atoms with Crippen molar-refractivity contribution in [3.63, 3.8) is 0 Å². The van der Waals surface area contributed by atoms with Crippen molar-refractivity contribution in [2.24, 2.45) is 11.8 Å². The molecule has 0 aliphatic heterocycles. The number of esters is 4. The fraction of sp³-hybridized carbons (Fsp3) is 0.789. The van der Waals surface area contributed by atoms with Crippen LogP contribution in [-0.2, 0) is 47.2 Å². The first-order valence-corrected chi connectivity index (χ1v) is 9.29. The second kappa shape index (κ2) is 16.8.